The van der Waals surface area contributed by atoms with E-state index >= 15 is 0 Å². The lowest BCUT2D eigenvalue weighted by Crippen LogP contribution is -2.12. The molecule has 0 amide bonds. The number of rotatable bonds is 2. The zero-order valence-electron chi connectivity index (χ0n) is 11.5. The maximum absolute atomic E-state index is 13.9. The molecule has 1 aliphatic rings. The van der Waals surface area contributed by atoms with Crippen molar-refractivity contribution in [3.8, 4) is 5.75 Å². The van der Waals surface area contributed by atoms with E-state index in [1.165, 1.54) is 19.6 Å². The average Bonchev–Trinajstić information content (AvgIpc) is 2.69. The summed E-state index contributed by atoms with van der Waals surface area (Å²) in [5, 5.41) is 0.811. The Morgan fingerprint density at radius 1 is 1.25 bits per heavy atom. The molecular weight excluding hydrogens is 257 g/mol. The van der Waals surface area contributed by atoms with Gasteiger partial charge in [0.05, 0.1) is 18.3 Å². The first-order valence-electron chi connectivity index (χ1n) is 6.90. The Kier molecular flexibility index (Phi) is 3.44. The summed E-state index contributed by atoms with van der Waals surface area (Å²) in [6, 6.07) is 3.08. The van der Waals surface area contributed by atoms with Crippen LogP contribution >= 0.6 is 0 Å². The molecule has 4 nitrogen and oxygen atoms in total. The van der Waals surface area contributed by atoms with Crippen LogP contribution in [-0.2, 0) is 12.8 Å². The number of hydrogen-bond donors (Lipinski definition) is 2. The van der Waals surface area contributed by atoms with E-state index in [2.05, 4.69) is 10.4 Å². The molecule has 0 unspecified atom stereocenters. The summed E-state index contributed by atoms with van der Waals surface area (Å²) in [4.78, 5) is 4.63. The number of hydrazine groups is 1. The minimum Gasteiger partial charge on any atom is -0.494 e. The highest BCUT2D eigenvalue weighted by atomic mass is 19.1. The molecule has 0 atom stereocenters. The number of benzene rings is 1. The zero-order valence-corrected chi connectivity index (χ0v) is 11.5. The molecule has 106 valence electrons. The predicted molar refractivity (Wildman–Crippen MR) is 77.3 cm³/mol. The first kappa shape index (κ1) is 13.1. The maximum atomic E-state index is 13.9. The van der Waals surface area contributed by atoms with Gasteiger partial charge in [-0.3, -0.25) is 10.8 Å². The predicted octanol–water partition coefficient (Wildman–Crippen LogP) is 2.94. The number of aromatic nitrogens is 1. The number of nitrogens with two attached hydrogens (primary N) is 1. The molecule has 20 heavy (non-hydrogen) atoms. The van der Waals surface area contributed by atoms with Gasteiger partial charge in [0.25, 0.3) is 0 Å². The smallest absolute Gasteiger partial charge is 0.167 e. The standard InChI is InChI=1S/C15H18FN3O/c1-20-14-7-10-13(8-11(14)16)18-12-6-4-2-3-5-9(12)15(10)19-17/h7-8H,2-6,17H2,1H3,(H,18,19). The largest absolute Gasteiger partial charge is 0.494 e. The quantitative estimate of drug-likeness (QED) is 0.502. The highest BCUT2D eigenvalue weighted by Crippen LogP contribution is 2.35. The van der Waals surface area contributed by atoms with Crippen LogP contribution in [0.3, 0.4) is 0 Å². The number of halogens is 1. The van der Waals surface area contributed by atoms with Crippen LogP contribution in [0.1, 0.15) is 30.5 Å². The number of anilines is 1. The molecule has 0 saturated carbocycles. The van der Waals surface area contributed by atoms with Gasteiger partial charge in [-0.15, -0.1) is 0 Å². The van der Waals surface area contributed by atoms with Gasteiger partial charge in [-0.05, 0) is 37.3 Å². The van der Waals surface area contributed by atoms with Crippen LogP contribution in [0.15, 0.2) is 12.1 Å². The minimum absolute atomic E-state index is 0.212. The fourth-order valence-electron chi connectivity index (χ4n) is 2.92. The lowest BCUT2D eigenvalue weighted by atomic mass is 10.0. The molecule has 1 aliphatic carbocycles. The van der Waals surface area contributed by atoms with Gasteiger partial charge in [-0.1, -0.05) is 6.42 Å². The van der Waals surface area contributed by atoms with E-state index in [9.17, 15) is 4.39 Å². The fourth-order valence-corrected chi connectivity index (χ4v) is 2.92. The number of nitrogens with one attached hydrogen (secondary N) is 1. The molecule has 1 aromatic carbocycles. The van der Waals surface area contributed by atoms with E-state index in [1.807, 2.05) is 0 Å². The summed E-state index contributed by atoms with van der Waals surface area (Å²) in [6.07, 6.45) is 5.32. The van der Waals surface area contributed by atoms with Gasteiger partial charge in [0.2, 0.25) is 0 Å². The second-order valence-electron chi connectivity index (χ2n) is 5.12. The Bertz CT molecular complexity index is 657. The van der Waals surface area contributed by atoms with Crippen molar-refractivity contribution in [3.63, 3.8) is 0 Å². The molecule has 3 rings (SSSR count). The van der Waals surface area contributed by atoms with E-state index in [1.54, 1.807) is 6.07 Å². The van der Waals surface area contributed by atoms with Gasteiger partial charge in [-0.25, -0.2) is 4.39 Å². The summed E-state index contributed by atoms with van der Waals surface area (Å²) in [6.45, 7) is 0. The Labute approximate surface area is 117 Å². The molecular formula is C15H18FN3O. The molecule has 0 saturated heterocycles. The van der Waals surface area contributed by atoms with E-state index in [0.717, 1.165) is 48.0 Å². The van der Waals surface area contributed by atoms with Crippen molar-refractivity contribution in [1.29, 1.82) is 0 Å². The van der Waals surface area contributed by atoms with Gasteiger partial charge in [0, 0.05) is 17.1 Å². The van der Waals surface area contributed by atoms with Crippen molar-refractivity contribution < 1.29 is 9.13 Å². The van der Waals surface area contributed by atoms with E-state index in [-0.39, 0.29) is 5.75 Å². The molecule has 1 heterocycles. The topological polar surface area (TPSA) is 60.2 Å². The highest BCUT2D eigenvalue weighted by Gasteiger charge is 2.18. The van der Waals surface area contributed by atoms with Crippen LogP contribution in [-0.4, -0.2) is 12.1 Å². The van der Waals surface area contributed by atoms with Crippen LogP contribution in [0, 0.1) is 5.82 Å². The molecule has 1 aromatic heterocycles. The number of ether oxygens (including phenoxy) is 1. The number of hydrogen-bond acceptors (Lipinski definition) is 4. The molecule has 2 aromatic rings. The molecule has 0 fully saturated rings. The Hall–Kier alpha value is -1.88. The maximum Gasteiger partial charge on any atom is 0.167 e. The normalized spacial score (nSPS) is 14.8. The third-order valence-electron chi connectivity index (χ3n) is 3.93. The first-order chi connectivity index (χ1) is 9.74. The van der Waals surface area contributed by atoms with Crippen molar-refractivity contribution in [2.75, 3.05) is 12.5 Å². The SMILES string of the molecule is COc1cc2c(NN)c3c(nc2cc1F)CCCCC3. The molecule has 0 aliphatic heterocycles. The molecule has 5 heteroatoms. The van der Waals surface area contributed by atoms with E-state index in [4.69, 9.17) is 10.6 Å². The number of pyridine rings is 1. The summed E-state index contributed by atoms with van der Waals surface area (Å²) in [7, 11) is 1.46. The van der Waals surface area contributed by atoms with Crippen molar-refractivity contribution in [3.05, 3.63) is 29.2 Å². The number of nitrogen functional groups attached to an aromatic ring is 1. The monoisotopic (exact) mass is 275 g/mol. The van der Waals surface area contributed by atoms with Crippen LogP contribution in [0.4, 0.5) is 10.1 Å². The van der Waals surface area contributed by atoms with E-state index < -0.39 is 5.82 Å². The van der Waals surface area contributed by atoms with Crippen LogP contribution in [0.25, 0.3) is 10.9 Å². The van der Waals surface area contributed by atoms with Gasteiger partial charge < -0.3 is 10.2 Å². The van der Waals surface area contributed by atoms with Crippen LogP contribution < -0.4 is 16.0 Å². The zero-order chi connectivity index (χ0) is 14.1. The summed E-state index contributed by atoms with van der Waals surface area (Å²) >= 11 is 0. The minimum atomic E-state index is -0.399. The van der Waals surface area contributed by atoms with Gasteiger partial charge in [-0.2, -0.15) is 0 Å². The summed E-state index contributed by atoms with van der Waals surface area (Å²) < 4.78 is 18.9. The van der Waals surface area contributed by atoms with Crippen molar-refractivity contribution >= 4 is 16.6 Å². The van der Waals surface area contributed by atoms with Crippen LogP contribution in [0.2, 0.25) is 0 Å². The number of nitrogens with zero attached hydrogens (tertiary/aromatic N) is 1. The van der Waals surface area contributed by atoms with Gasteiger partial charge in [0.15, 0.2) is 11.6 Å². The van der Waals surface area contributed by atoms with Gasteiger partial charge in [0.1, 0.15) is 0 Å². The Balaban J connectivity index is 2.30. The molecule has 0 spiro atoms. The number of methoxy groups -OCH3 is 1. The lowest BCUT2D eigenvalue weighted by Gasteiger charge is -2.15. The Morgan fingerprint density at radius 3 is 2.80 bits per heavy atom. The summed E-state index contributed by atoms with van der Waals surface area (Å²) in [5.74, 6) is 5.52. The highest BCUT2D eigenvalue weighted by molar-refractivity contribution is 5.94. The van der Waals surface area contributed by atoms with Crippen molar-refractivity contribution in [1.82, 2.24) is 4.98 Å². The fraction of sp³-hybridized carbons (Fsp3) is 0.400. The van der Waals surface area contributed by atoms with E-state index in [0.29, 0.717) is 5.52 Å². The van der Waals surface area contributed by atoms with Crippen LogP contribution in [0.5, 0.6) is 5.75 Å². The average molecular weight is 275 g/mol. The summed E-state index contributed by atoms with van der Waals surface area (Å²) in [5.41, 5.74) is 6.45. The molecule has 0 radical (unpaired) electrons. The number of fused-ring (bicyclic) bond motifs is 2. The molecule has 0 bridgehead atoms. The van der Waals surface area contributed by atoms with Gasteiger partial charge >= 0.3 is 0 Å². The number of aryl methyl sites for hydroxylation is 1. The third kappa shape index (κ3) is 2.08. The third-order valence-corrected chi connectivity index (χ3v) is 3.93. The second kappa shape index (κ2) is 5.25. The second-order valence-corrected chi connectivity index (χ2v) is 5.12. The van der Waals surface area contributed by atoms with Crippen molar-refractivity contribution in [2.45, 2.75) is 32.1 Å². The van der Waals surface area contributed by atoms with Crippen molar-refractivity contribution in [2.24, 2.45) is 5.84 Å². The lowest BCUT2D eigenvalue weighted by molar-refractivity contribution is 0.387. The first-order valence-corrected chi connectivity index (χ1v) is 6.90. The Morgan fingerprint density at radius 2 is 2.05 bits per heavy atom. The molecule has 3 N–H and O–H groups in total.